The van der Waals surface area contributed by atoms with Gasteiger partial charge in [0.1, 0.15) is 0 Å². The van der Waals surface area contributed by atoms with Crippen LogP contribution in [0.2, 0.25) is 0 Å². The Morgan fingerprint density at radius 2 is 1.27 bits per heavy atom. The normalized spacial score (nSPS) is 13.1. The van der Waals surface area contributed by atoms with E-state index in [1.54, 1.807) is 12.1 Å². The molecule has 112 valence electrons. The van der Waals surface area contributed by atoms with Crippen molar-refractivity contribution >= 4 is 86.7 Å². The topological polar surface area (TPSA) is 86.2 Å². The predicted molar refractivity (Wildman–Crippen MR) is 99.4 cm³/mol. The standard InChI is InChI=1S/C14H6Br4N2O2/c15-4-2-6(17)11(19)9-8(4)13(21)3-1-5(16)12(20)10(18)7(3)14(9)22/h1-2H,19-20H2. The summed E-state index contributed by atoms with van der Waals surface area (Å²) in [7, 11) is 0. The largest absolute Gasteiger partial charge is 0.397 e. The highest BCUT2D eigenvalue weighted by Crippen LogP contribution is 2.43. The van der Waals surface area contributed by atoms with Gasteiger partial charge in [-0.15, -0.1) is 0 Å². The number of benzene rings is 2. The maximum Gasteiger partial charge on any atom is 0.197 e. The van der Waals surface area contributed by atoms with Gasteiger partial charge in [-0.1, -0.05) is 0 Å². The van der Waals surface area contributed by atoms with Gasteiger partial charge < -0.3 is 11.5 Å². The maximum atomic E-state index is 12.9. The molecule has 22 heavy (non-hydrogen) atoms. The van der Waals surface area contributed by atoms with E-state index in [0.717, 1.165) is 0 Å². The lowest BCUT2D eigenvalue weighted by molar-refractivity contribution is 0.0978. The molecule has 0 aliphatic heterocycles. The van der Waals surface area contributed by atoms with Crippen molar-refractivity contribution in [2.24, 2.45) is 0 Å². The Bertz CT molecular complexity index is 893. The molecule has 0 radical (unpaired) electrons. The average Bonchev–Trinajstić information content (AvgIpc) is 2.45. The molecule has 1 aliphatic carbocycles. The van der Waals surface area contributed by atoms with Crippen molar-refractivity contribution in [1.29, 1.82) is 0 Å². The average molecular weight is 554 g/mol. The van der Waals surface area contributed by atoms with Crippen LogP contribution in [0, 0.1) is 0 Å². The van der Waals surface area contributed by atoms with E-state index >= 15 is 0 Å². The summed E-state index contributed by atoms with van der Waals surface area (Å²) in [5, 5.41) is 0. The fourth-order valence-electron chi connectivity index (χ4n) is 2.39. The van der Waals surface area contributed by atoms with Crippen LogP contribution in [0.4, 0.5) is 11.4 Å². The molecular weight excluding hydrogens is 548 g/mol. The van der Waals surface area contributed by atoms with Crippen molar-refractivity contribution < 1.29 is 9.59 Å². The molecule has 0 fully saturated rings. The molecule has 0 unspecified atom stereocenters. The minimum absolute atomic E-state index is 0.182. The number of fused-ring (bicyclic) bond motifs is 2. The Hall–Kier alpha value is -0.700. The molecule has 2 aromatic carbocycles. The second kappa shape index (κ2) is 5.43. The fourth-order valence-corrected chi connectivity index (χ4v) is 5.03. The molecule has 4 nitrogen and oxygen atoms in total. The van der Waals surface area contributed by atoms with Gasteiger partial charge in [-0.05, 0) is 75.9 Å². The number of carbonyl (C=O) groups excluding carboxylic acids is 2. The van der Waals surface area contributed by atoms with E-state index in [4.69, 9.17) is 11.5 Å². The van der Waals surface area contributed by atoms with E-state index in [2.05, 4.69) is 63.7 Å². The van der Waals surface area contributed by atoms with Gasteiger partial charge in [0.05, 0.1) is 32.5 Å². The molecule has 2 aromatic rings. The number of anilines is 2. The van der Waals surface area contributed by atoms with Crippen LogP contribution in [0.15, 0.2) is 30.0 Å². The first kappa shape index (κ1) is 16.2. The lowest BCUT2D eigenvalue weighted by atomic mass is 9.83. The summed E-state index contributed by atoms with van der Waals surface area (Å²) in [6.07, 6.45) is 0. The second-order valence-corrected chi connectivity index (χ2v) is 8.03. The van der Waals surface area contributed by atoms with E-state index in [1.165, 1.54) is 0 Å². The van der Waals surface area contributed by atoms with Crippen LogP contribution in [-0.2, 0) is 0 Å². The summed E-state index contributed by atoms with van der Waals surface area (Å²) in [5.74, 6) is -0.618. The highest BCUT2D eigenvalue weighted by atomic mass is 79.9. The predicted octanol–water partition coefficient (Wildman–Crippen LogP) is 4.68. The smallest absolute Gasteiger partial charge is 0.197 e. The maximum absolute atomic E-state index is 12.9. The number of ketones is 2. The van der Waals surface area contributed by atoms with Gasteiger partial charge in [-0.3, -0.25) is 9.59 Å². The summed E-state index contributed by atoms with van der Waals surface area (Å²) in [4.78, 5) is 25.7. The Balaban J connectivity index is 2.46. The summed E-state index contributed by atoms with van der Waals surface area (Å²) >= 11 is 13.2. The number of nitrogen functional groups attached to an aromatic ring is 2. The van der Waals surface area contributed by atoms with Gasteiger partial charge in [-0.25, -0.2) is 0 Å². The number of rotatable bonds is 0. The van der Waals surface area contributed by atoms with E-state index in [9.17, 15) is 9.59 Å². The first-order valence-corrected chi connectivity index (χ1v) is 9.07. The number of hydrogen-bond acceptors (Lipinski definition) is 4. The van der Waals surface area contributed by atoms with Gasteiger partial charge in [0.25, 0.3) is 0 Å². The van der Waals surface area contributed by atoms with Crippen molar-refractivity contribution in [3.8, 4) is 0 Å². The second-order valence-electron chi connectivity index (χ2n) is 4.67. The first-order chi connectivity index (χ1) is 10.3. The molecule has 1 aliphatic rings. The summed E-state index contributed by atoms with van der Waals surface area (Å²) in [6.45, 7) is 0. The molecule has 0 aromatic heterocycles. The van der Waals surface area contributed by atoms with Crippen LogP contribution < -0.4 is 11.5 Å². The lowest BCUT2D eigenvalue weighted by Gasteiger charge is -2.23. The van der Waals surface area contributed by atoms with Crippen LogP contribution in [-0.4, -0.2) is 11.6 Å². The monoisotopic (exact) mass is 550 g/mol. The van der Waals surface area contributed by atoms with Crippen molar-refractivity contribution in [3.63, 3.8) is 0 Å². The summed E-state index contributed by atoms with van der Waals surface area (Å²) in [6, 6.07) is 3.22. The Kier molecular flexibility index (Phi) is 3.99. The lowest BCUT2D eigenvalue weighted by Crippen LogP contribution is -2.24. The molecule has 0 heterocycles. The number of halogens is 4. The van der Waals surface area contributed by atoms with Crippen molar-refractivity contribution in [2.45, 2.75) is 0 Å². The zero-order chi connectivity index (χ0) is 16.3. The number of nitrogens with two attached hydrogens (primary N) is 2. The number of carbonyl (C=O) groups is 2. The third-order valence-corrected chi connectivity index (χ3v) is 6.21. The first-order valence-electron chi connectivity index (χ1n) is 5.90. The van der Waals surface area contributed by atoms with E-state index in [0.29, 0.717) is 23.6 Å². The SMILES string of the molecule is Nc1c(Br)cc2c(c1Br)C(=O)c1c(N)c(Br)cc(Br)c1C2=O. The third-order valence-electron chi connectivity index (χ3n) is 3.45. The quantitative estimate of drug-likeness (QED) is 0.396. The zero-order valence-corrected chi connectivity index (χ0v) is 17.0. The van der Waals surface area contributed by atoms with E-state index in [-0.39, 0.29) is 39.5 Å². The van der Waals surface area contributed by atoms with Gasteiger partial charge in [0.2, 0.25) is 0 Å². The highest BCUT2D eigenvalue weighted by Gasteiger charge is 2.36. The molecule has 0 bridgehead atoms. The van der Waals surface area contributed by atoms with Crippen LogP contribution >= 0.6 is 63.7 Å². The molecule has 4 N–H and O–H groups in total. The molecule has 0 saturated heterocycles. The summed E-state index contributed by atoms with van der Waals surface area (Å²) in [5.41, 5.74) is 13.5. The Morgan fingerprint density at radius 1 is 0.682 bits per heavy atom. The number of hydrogen-bond donors (Lipinski definition) is 2. The zero-order valence-electron chi connectivity index (χ0n) is 10.6. The van der Waals surface area contributed by atoms with E-state index in [1.807, 2.05) is 0 Å². The minimum Gasteiger partial charge on any atom is -0.397 e. The minimum atomic E-state index is -0.338. The van der Waals surface area contributed by atoms with Crippen molar-refractivity contribution in [1.82, 2.24) is 0 Å². The van der Waals surface area contributed by atoms with Crippen LogP contribution in [0.5, 0.6) is 0 Å². The summed E-state index contributed by atoms with van der Waals surface area (Å²) < 4.78 is 1.99. The Labute approximate surface area is 159 Å². The van der Waals surface area contributed by atoms with Gasteiger partial charge in [-0.2, -0.15) is 0 Å². The van der Waals surface area contributed by atoms with Crippen molar-refractivity contribution in [3.05, 3.63) is 52.3 Å². The highest BCUT2D eigenvalue weighted by molar-refractivity contribution is 9.11. The molecule has 3 rings (SSSR count). The van der Waals surface area contributed by atoms with Gasteiger partial charge >= 0.3 is 0 Å². The van der Waals surface area contributed by atoms with Gasteiger partial charge in [0.15, 0.2) is 11.6 Å². The van der Waals surface area contributed by atoms with Gasteiger partial charge in [0, 0.05) is 19.0 Å². The van der Waals surface area contributed by atoms with E-state index < -0.39 is 0 Å². The molecule has 0 amide bonds. The Morgan fingerprint density at radius 3 is 1.91 bits per heavy atom. The van der Waals surface area contributed by atoms with Crippen LogP contribution in [0.3, 0.4) is 0 Å². The van der Waals surface area contributed by atoms with Crippen LogP contribution in [0.25, 0.3) is 0 Å². The molecule has 0 atom stereocenters. The third kappa shape index (κ3) is 2.11. The molecular formula is C14H6Br4N2O2. The van der Waals surface area contributed by atoms with Crippen LogP contribution in [0.1, 0.15) is 31.8 Å². The molecule has 0 saturated carbocycles. The fraction of sp³-hybridized carbons (Fsp3) is 0. The molecule has 0 spiro atoms. The molecule has 8 heteroatoms. The van der Waals surface area contributed by atoms with Crippen molar-refractivity contribution in [2.75, 3.05) is 11.5 Å².